The molecular weight excluding hydrogens is 415 g/mol. The topological polar surface area (TPSA) is 143 Å². The molecule has 1 aliphatic heterocycles. The number of nitrogens with zero attached hydrogens (tertiary/aromatic N) is 1. The zero-order chi connectivity index (χ0) is 21.1. The molecule has 0 bridgehead atoms. The van der Waals surface area contributed by atoms with E-state index >= 15 is 0 Å². The summed E-state index contributed by atoms with van der Waals surface area (Å²) < 4.78 is 58.6. The molecule has 1 N–H and O–H groups in total. The average Bonchev–Trinajstić information content (AvgIpc) is 2.91. The molecule has 3 atom stereocenters. The Bertz CT molecular complexity index is 945. The molecule has 1 saturated heterocycles. The highest BCUT2D eigenvalue weighted by molar-refractivity contribution is 7.86. The molecule has 11 nitrogen and oxygen atoms in total. The third-order valence-corrected chi connectivity index (χ3v) is 6.70. The van der Waals surface area contributed by atoms with Gasteiger partial charge in [0.2, 0.25) is 0 Å². The highest BCUT2D eigenvalue weighted by Crippen LogP contribution is 2.51. The first-order valence-electron chi connectivity index (χ1n) is 8.72. The molecule has 0 saturated carbocycles. The normalized spacial score (nSPS) is 23.2. The number of aryl methyl sites for hydroxylation is 1. The van der Waals surface area contributed by atoms with Gasteiger partial charge in [-0.1, -0.05) is 0 Å². The maximum absolute atomic E-state index is 12.8. The van der Waals surface area contributed by atoms with Crippen LogP contribution in [0, 0.1) is 6.92 Å². The van der Waals surface area contributed by atoms with Gasteiger partial charge in [0.25, 0.3) is 15.7 Å². The SMILES string of the molecule is CCOP(=O)(C[C@H]1OC(n2cc(C)c(=O)[nH]c2=O)C[C@H]1OS(C)(=O)=O)OCC. The van der Waals surface area contributed by atoms with Crippen molar-refractivity contribution in [3.63, 3.8) is 0 Å². The van der Waals surface area contributed by atoms with Gasteiger partial charge < -0.3 is 13.8 Å². The lowest BCUT2D eigenvalue weighted by molar-refractivity contribution is -0.00729. The van der Waals surface area contributed by atoms with E-state index in [0.29, 0.717) is 0 Å². The monoisotopic (exact) mass is 440 g/mol. The van der Waals surface area contributed by atoms with Crippen molar-refractivity contribution in [2.45, 2.75) is 45.6 Å². The fraction of sp³-hybridized carbons (Fsp3) is 0.733. The van der Waals surface area contributed by atoms with E-state index in [1.165, 1.54) is 13.1 Å². The van der Waals surface area contributed by atoms with Gasteiger partial charge in [-0.15, -0.1) is 0 Å². The van der Waals surface area contributed by atoms with Crippen molar-refractivity contribution in [2.75, 3.05) is 25.6 Å². The maximum atomic E-state index is 12.8. The Morgan fingerprint density at radius 2 is 1.89 bits per heavy atom. The van der Waals surface area contributed by atoms with Crippen LogP contribution in [0.4, 0.5) is 0 Å². The zero-order valence-corrected chi connectivity index (χ0v) is 17.8. The molecule has 0 amide bonds. The van der Waals surface area contributed by atoms with Gasteiger partial charge >= 0.3 is 13.3 Å². The van der Waals surface area contributed by atoms with Crippen LogP contribution in [0.5, 0.6) is 0 Å². The summed E-state index contributed by atoms with van der Waals surface area (Å²) in [5.74, 6) is 0. The van der Waals surface area contributed by atoms with Crippen molar-refractivity contribution >= 4 is 17.7 Å². The van der Waals surface area contributed by atoms with Gasteiger partial charge in [0.15, 0.2) is 0 Å². The summed E-state index contributed by atoms with van der Waals surface area (Å²) in [5.41, 5.74) is -0.962. The molecule has 0 radical (unpaired) electrons. The number of hydrogen-bond acceptors (Lipinski definition) is 9. The van der Waals surface area contributed by atoms with Gasteiger partial charge in [0.1, 0.15) is 12.3 Å². The van der Waals surface area contributed by atoms with Crippen molar-refractivity contribution in [2.24, 2.45) is 0 Å². The number of nitrogens with one attached hydrogen (secondary N) is 1. The lowest BCUT2D eigenvalue weighted by Crippen LogP contribution is -2.33. The molecule has 13 heteroatoms. The van der Waals surface area contributed by atoms with Crippen LogP contribution in [0.15, 0.2) is 15.8 Å². The molecule has 1 aromatic rings. The summed E-state index contributed by atoms with van der Waals surface area (Å²) in [5, 5.41) is 0. The summed E-state index contributed by atoms with van der Waals surface area (Å²) in [6, 6.07) is 0. The van der Waals surface area contributed by atoms with Crippen molar-refractivity contribution in [1.29, 1.82) is 0 Å². The van der Waals surface area contributed by atoms with Crippen LogP contribution in [0.2, 0.25) is 0 Å². The van der Waals surface area contributed by atoms with E-state index in [1.807, 2.05) is 0 Å². The molecular formula is C15H25N2O9PS. The molecule has 0 aromatic carbocycles. The molecule has 0 spiro atoms. The largest absolute Gasteiger partial charge is 0.351 e. The quantitative estimate of drug-likeness (QED) is 0.434. The minimum Gasteiger partial charge on any atom is -0.351 e. The van der Waals surface area contributed by atoms with E-state index in [1.54, 1.807) is 13.8 Å². The van der Waals surface area contributed by atoms with Crippen molar-refractivity contribution < 1.29 is 31.0 Å². The van der Waals surface area contributed by atoms with E-state index in [4.69, 9.17) is 18.0 Å². The Balaban J connectivity index is 2.34. The predicted octanol–water partition coefficient (Wildman–Crippen LogP) is 0.743. The Morgan fingerprint density at radius 3 is 2.43 bits per heavy atom. The lowest BCUT2D eigenvalue weighted by Gasteiger charge is -2.23. The van der Waals surface area contributed by atoms with Crippen LogP contribution in [-0.2, 0) is 32.7 Å². The molecule has 1 aliphatic rings. The second-order valence-electron chi connectivity index (χ2n) is 6.31. The van der Waals surface area contributed by atoms with Crippen molar-refractivity contribution in [3.05, 3.63) is 32.6 Å². The number of H-pyrrole nitrogens is 1. The third-order valence-electron chi connectivity index (χ3n) is 3.99. The lowest BCUT2D eigenvalue weighted by atomic mass is 10.2. The Hall–Kier alpha value is -1.30. The molecule has 1 fully saturated rings. The second kappa shape index (κ2) is 9.02. The third kappa shape index (κ3) is 5.85. The molecule has 1 unspecified atom stereocenters. The van der Waals surface area contributed by atoms with Crippen LogP contribution in [-0.4, -0.2) is 55.8 Å². The fourth-order valence-corrected chi connectivity index (χ4v) is 5.40. The first-order valence-corrected chi connectivity index (χ1v) is 12.3. The van der Waals surface area contributed by atoms with Gasteiger partial charge in [-0.05, 0) is 20.8 Å². The number of aromatic amines is 1. The first-order chi connectivity index (χ1) is 13.0. The van der Waals surface area contributed by atoms with Gasteiger partial charge in [0, 0.05) is 18.2 Å². The molecule has 0 aliphatic carbocycles. The maximum Gasteiger partial charge on any atom is 0.333 e. The standard InChI is InChI=1S/C15H25N2O9PS/c1-5-23-27(20,24-6-2)9-12-11(26-28(4,21)22)7-13(25-12)17-8-10(3)14(18)16-15(17)19/h8,11-13H,5-7,9H2,1-4H3,(H,16,18,19)/t11-,12-,13?/m1/s1. The predicted molar refractivity (Wildman–Crippen MR) is 100 cm³/mol. The van der Waals surface area contributed by atoms with Crippen LogP contribution in [0.3, 0.4) is 0 Å². The van der Waals surface area contributed by atoms with Crippen molar-refractivity contribution in [1.82, 2.24) is 9.55 Å². The Morgan fingerprint density at radius 1 is 1.29 bits per heavy atom. The van der Waals surface area contributed by atoms with E-state index in [2.05, 4.69) is 4.98 Å². The number of aromatic nitrogens is 2. The van der Waals surface area contributed by atoms with Crippen molar-refractivity contribution in [3.8, 4) is 0 Å². The van der Waals surface area contributed by atoms with E-state index in [9.17, 15) is 22.6 Å². The van der Waals surface area contributed by atoms with Gasteiger partial charge in [-0.3, -0.25) is 23.1 Å². The Kier molecular flexibility index (Phi) is 7.40. The average molecular weight is 440 g/mol. The molecule has 2 rings (SSSR count). The second-order valence-corrected chi connectivity index (χ2v) is 10.0. The summed E-state index contributed by atoms with van der Waals surface area (Å²) in [4.78, 5) is 25.9. The van der Waals surface area contributed by atoms with Crippen LogP contribution < -0.4 is 11.2 Å². The number of ether oxygens (including phenoxy) is 1. The molecule has 160 valence electrons. The van der Waals surface area contributed by atoms with Crippen LogP contribution in [0.25, 0.3) is 0 Å². The van der Waals surface area contributed by atoms with Crippen LogP contribution >= 0.6 is 7.60 Å². The number of hydrogen-bond donors (Lipinski definition) is 1. The smallest absolute Gasteiger partial charge is 0.333 e. The minimum absolute atomic E-state index is 0.0125. The van der Waals surface area contributed by atoms with E-state index in [-0.39, 0.29) is 31.4 Å². The van der Waals surface area contributed by atoms with Gasteiger partial charge in [0.05, 0.1) is 31.7 Å². The summed E-state index contributed by atoms with van der Waals surface area (Å²) in [7, 11) is -7.41. The molecule has 28 heavy (non-hydrogen) atoms. The molecule has 2 heterocycles. The summed E-state index contributed by atoms with van der Waals surface area (Å²) >= 11 is 0. The zero-order valence-electron chi connectivity index (χ0n) is 16.1. The van der Waals surface area contributed by atoms with Gasteiger partial charge in [-0.25, -0.2) is 4.79 Å². The van der Waals surface area contributed by atoms with E-state index in [0.717, 1.165) is 10.8 Å². The highest BCUT2D eigenvalue weighted by Gasteiger charge is 2.44. The minimum atomic E-state index is -3.85. The summed E-state index contributed by atoms with van der Waals surface area (Å²) in [6.07, 6.45) is -0.953. The fourth-order valence-electron chi connectivity index (χ4n) is 2.92. The van der Waals surface area contributed by atoms with Crippen LogP contribution in [0.1, 0.15) is 32.1 Å². The Labute approximate surface area is 162 Å². The van der Waals surface area contributed by atoms with Gasteiger partial charge in [-0.2, -0.15) is 8.42 Å². The highest BCUT2D eigenvalue weighted by atomic mass is 32.2. The molecule has 1 aromatic heterocycles. The van der Waals surface area contributed by atoms with E-state index < -0.39 is 47.4 Å². The first kappa shape index (κ1) is 23.0. The summed E-state index contributed by atoms with van der Waals surface area (Å²) in [6.45, 7) is 5.07. The number of rotatable bonds is 9.